The molecule has 1 aromatic rings. The molecule has 1 atom stereocenters. The third kappa shape index (κ3) is 3.44. The van der Waals surface area contributed by atoms with Crippen molar-refractivity contribution in [2.45, 2.75) is 19.8 Å². The highest BCUT2D eigenvalue weighted by Gasteiger charge is 2.20. The monoisotopic (exact) mass is 263 g/mol. The molecule has 0 aliphatic carbocycles. The number of benzene rings is 1. The summed E-state index contributed by atoms with van der Waals surface area (Å²) in [7, 11) is 2.13. The lowest BCUT2D eigenvalue weighted by atomic mass is 9.98. The summed E-state index contributed by atoms with van der Waals surface area (Å²) in [5.41, 5.74) is 1.77. The first-order valence-corrected chi connectivity index (χ1v) is 6.74. The second kappa shape index (κ2) is 6.02. The summed E-state index contributed by atoms with van der Waals surface area (Å²) in [6.07, 6.45) is 2.40. The van der Waals surface area contributed by atoms with E-state index in [0.717, 1.165) is 25.2 Å². The van der Waals surface area contributed by atoms with Crippen LogP contribution in [0.1, 0.15) is 18.4 Å². The summed E-state index contributed by atoms with van der Waals surface area (Å²) >= 11 is 0. The van der Waals surface area contributed by atoms with E-state index in [-0.39, 0.29) is 10.6 Å². The Morgan fingerprint density at radius 3 is 3.00 bits per heavy atom. The van der Waals surface area contributed by atoms with E-state index in [9.17, 15) is 10.1 Å². The van der Waals surface area contributed by atoms with E-state index in [2.05, 4.69) is 17.3 Å². The van der Waals surface area contributed by atoms with E-state index in [1.807, 2.05) is 13.0 Å². The highest BCUT2D eigenvalue weighted by molar-refractivity contribution is 5.65. The summed E-state index contributed by atoms with van der Waals surface area (Å²) in [4.78, 5) is 13.0. The molecule has 2 rings (SSSR count). The molecular weight excluding hydrogens is 242 g/mol. The van der Waals surface area contributed by atoms with Crippen molar-refractivity contribution in [2.75, 3.05) is 32.0 Å². The zero-order chi connectivity index (χ0) is 13.8. The van der Waals surface area contributed by atoms with Crippen LogP contribution >= 0.6 is 0 Å². The molecular formula is C14H21N3O2. The van der Waals surface area contributed by atoms with Crippen molar-refractivity contribution in [1.82, 2.24) is 4.90 Å². The fraction of sp³-hybridized carbons (Fsp3) is 0.571. The molecule has 0 spiro atoms. The maximum atomic E-state index is 11.0. The van der Waals surface area contributed by atoms with Gasteiger partial charge in [-0.2, -0.15) is 0 Å². The molecule has 5 nitrogen and oxygen atoms in total. The fourth-order valence-electron chi connectivity index (χ4n) is 2.72. The quantitative estimate of drug-likeness (QED) is 0.670. The zero-order valence-electron chi connectivity index (χ0n) is 11.6. The number of rotatable bonds is 4. The van der Waals surface area contributed by atoms with Gasteiger partial charge in [-0.3, -0.25) is 10.1 Å². The predicted molar refractivity (Wildman–Crippen MR) is 76.5 cm³/mol. The van der Waals surface area contributed by atoms with Gasteiger partial charge in [0.2, 0.25) is 0 Å². The van der Waals surface area contributed by atoms with Crippen LogP contribution in [0.4, 0.5) is 11.4 Å². The van der Waals surface area contributed by atoms with Crippen molar-refractivity contribution >= 4 is 11.4 Å². The summed E-state index contributed by atoms with van der Waals surface area (Å²) in [5, 5.41) is 14.3. The van der Waals surface area contributed by atoms with Gasteiger partial charge in [-0.1, -0.05) is 12.1 Å². The molecule has 1 aliphatic heterocycles. The molecule has 0 saturated carbocycles. The van der Waals surface area contributed by atoms with Gasteiger partial charge >= 0.3 is 0 Å². The van der Waals surface area contributed by atoms with E-state index < -0.39 is 0 Å². The molecule has 0 aromatic heterocycles. The number of anilines is 1. The summed E-state index contributed by atoms with van der Waals surface area (Å²) in [6, 6.07) is 5.19. The van der Waals surface area contributed by atoms with Crippen LogP contribution in [0.3, 0.4) is 0 Å². The van der Waals surface area contributed by atoms with Crippen molar-refractivity contribution in [3.8, 4) is 0 Å². The van der Waals surface area contributed by atoms with Crippen molar-refractivity contribution in [3.05, 3.63) is 33.9 Å². The Kier molecular flexibility index (Phi) is 4.37. The zero-order valence-corrected chi connectivity index (χ0v) is 11.6. The van der Waals surface area contributed by atoms with Gasteiger partial charge in [0.05, 0.1) is 4.92 Å². The molecule has 1 aromatic carbocycles. The van der Waals surface area contributed by atoms with Crippen LogP contribution in [0, 0.1) is 23.0 Å². The smallest absolute Gasteiger partial charge is 0.292 e. The van der Waals surface area contributed by atoms with Crippen LogP contribution in [0.15, 0.2) is 18.2 Å². The summed E-state index contributed by atoms with van der Waals surface area (Å²) < 4.78 is 0. The first-order valence-electron chi connectivity index (χ1n) is 6.74. The van der Waals surface area contributed by atoms with Gasteiger partial charge in [-0.05, 0) is 44.8 Å². The van der Waals surface area contributed by atoms with Crippen LogP contribution in [0.25, 0.3) is 0 Å². The van der Waals surface area contributed by atoms with Gasteiger partial charge in [-0.15, -0.1) is 0 Å². The average Bonchev–Trinajstić information content (AvgIpc) is 2.37. The lowest BCUT2D eigenvalue weighted by Crippen LogP contribution is -2.35. The topological polar surface area (TPSA) is 58.4 Å². The molecule has 1 heterocycles. The molecule has 1 unspecified atom stereocenters. The first-order chi connectivity index (χ1) is 9.08. The number of aryl methyl sites for hydroxylation is 1. The maximum absolute atomic E-state index is 11.0. The number of nitrogens with zero attached hydrogens (tertiary/aromatic N) is 2. The van der Waals surface area contributed by atoms with Gasteiger partial charge in [0, 0.05) is 19.2 Å². The highest BCUT2D eigenvalue weighted by atomic mass is 16.6. The Morgan fingerprint density at radius 2 is 2.32 bits per heavy atom. The predicted octanol–water partition coefficient (Wildman–Crippen LogP) is 2.66. The number of nitrogens with one attached hydrogen (secondary N) is 1. The Morgan fingerprint density at radius 1 is 1.53 bits per heavy atom. The van der Waals surface area contributed by atoms with Crippen LogP contribution in [-0.2, 0) is 0 Å². The Labute approximate surface area is 113 Å². The standard InChI is InChI=1S/C14H21N3O2/c1-11-5-3-7-13(17(18)19)14(11)15-9-12-6-4-8-16(2)10-12/h3,5,7,12,15H,4,6,8-10H2,1-2H3. The van der Waals surface area contributed by atoms with Gasteiger partial charge in [0.25, 0.3) is 5.69 Å². The molecule has 104 valence electrons. The number of likely N-dealkylation sites (tertiary alicyclic amines) is 1. The van der Waals surface area contributed by atoms with Gasteiger partial charge in [0.15, 0.2) is 0 Å². The third-order valence-corrected chi connectivity index (χ3v) is 3.74. The Hall–Kier alpha value is -1.62. The van der Waals surface area contributed by atoms with Gasteiger partial charge in [-0.25, -0.2) is 0 Å². The van der Waals surface area contributed by atoms with Gasteiger partial charge < -0.3 is 10.2 Å². The molecule has 19 heavy (non-hydrogen) atoms. The summed E-state index contributed by atoms with van der Waals surface area (Å²) in [5.74, 6) is 0.568. The molecule has 1 fully saturated rings. The minimum absolute atomic E-state index is 0.171. The van der Waals surface area contributed by atoms with E-state index in [4.69, 9.17) is 0 Å². The lowest BCUT2D eigenvalue weighted by Gasteiger charge is -2.30. The van der Waals surface area contributed by atoms with E-state index >= 15 is 0 Å². The molecule has 1 N–H and O–H groups in total. The largest absolute Gasteiger partial charge is 0.379 e. The van der Waals surface area contributed by atoms with E-state index in [0.29, 0.717) is 11.6 Å². The molecule has 1 aliphatic rings. The molecule has 0 bridgehead atoms. The Balaban J connectivity index is 2.04. The number of hydrogen-bond acceptors (Lipinski definition) is 4. The molecule has 0 radical (unpaired) electrons. The fourth-order valence-corrected chi connectivity index (χ4v) is 2.72. The Bertz CT molecular complexity index is 462. The van der Waals surface area contributed by atoms with Crippen molar-refractivity contribution in [3.63, 3.8) is 0 Å². The molecule has 0 amide bonds. The maximum Gasteiger partial charge on any atom is 0.292 e. The minimum Gasteiger partial charge on any atom is -0.379 e. The average molecular weight is 263 g/mol. The number of piperidine rings is 1. The molecule has 1 saturated heterocycles. The number of nitro groups is 1. The normalized spacial score (nSPS) is 20.2. The van der Waals surface area contributed by atoms with Crippen LogP contribution in [0.5, 0.6) is 0 Å². The van der Waals surface area contributed by atoms with Crippen LogP contribution in [0.2, 0.25) is 0 Å². The van der Waals surface area contributed by atoms with Crippen LogP contribution < -0.4 is 5.32 Å². The van der Waals surface area contributed by atoms with Gasteiger partial charge in [0.1, 0.15) is 5.69 Å². The number of para-hydroxylation sites is 1. The second-order valence-electron chi connectivity index (χ2n) is 5.38. The van der Waals surface area contributed by atoms with Crippen LogP contribution in [-0.4, -0.2) is 36.5 Å². The van der Waals surface area contributed by atoms with Crippen molar-refractivity contribution in [1.29, 1.82) is 0 Å². The van der Waals surface area contributed by atoms with Crippen molar-refractivity contribution in [2.24, 2.45) is 5.92 Å². The highest BCUT2D eigenvalue weighted by Crippen LogP contribution is 2.28. The minimum atomic E-state index is -0.317. The number of nitro benzene ring substituents is 1. The number of hydrogen-bond donors (Lipinski definition) is 1. The first kappa shape index (κ1) is 13.8. The lowest BCUT2D eigenvalue weighted by molar-refractivity contribution is -0.384. The second-order valence-corrected chi connectivity index (χ2v) is 5.38. The SMILES string of the molecule is Cc1cccc([N+](=O)[O-])c1NCC1CCCN(C)C1. The van der Waals surface area contributed by atoms with E-state index in [1.54, 1.807) is 12.1 Å². The summed E-state index contributed by atoms with van der Waals surface area (Å²) in [6.45, 7) is 4.92. The third-order valence-electron chi connectivity index (χ3n) is 3.74. The van der Waals surface area contributed by atoms with E-state index in [1.165, 1.54) is 12.8 Å². The van der Waals surface area contributed by atoms with Crippen molar-refractivity contribution < 1.29 is 4.92 Å². The molecule has 5 heteroatoms.